The fourth-order valence-corrected chi connectivity index (χ4v) is 3.31. The van der Waals surface area contributed by atoms with E-state index in [1.807, 2.05) is 4.90 Å². The van der Waals surface area contributed by atoms with E-state index in [0.29, 0.717) is 19.1 Å². The Balaban J connectivity index is 1.58. The maximum Gasteiger partial charge on any atom is 0.317 e. The number of nitrogens with one attached hydrogen (secondary N) is 1. The van der Waals surface area contributed by atoms with Crippen LogP contribution in [0.2, 0.25) is 0 Å². The van der Waals surface area contributed by atoms with Gasteiger partial charge in [0, 0.05) is 13.0 Å². The highest BCUT2D eigenvalue weighted by Crippen LogP contribution is 2.35. The lowest BCUT2D eigenvalue weighted by Crippen LogP contribution is -2.49. The molecule has 3 heterocycles. The van der Waals surface area contributed by atoms with Gasteiger partial charge in [-0.2, -0.15) is 0 Å². The number of likely N-dealkylation sites (tertiary alicyclic amines) is 1. The topological polar surface area (TPSA) is 87.6 Å². The summed E-state index contributed by atoms with van der Waals surface area (Å²) in [6.45, 7) is 1.98. The smallest absolute Gasteiger partial charge is 0.317 e. The second-order valence-electron chi connectivity index (χ2n) is 5.97. The lowest BCUT2D eigenvalue weighted by atomic mass is 9.88. The lowest BCUT2D eigenvalue weighted by Gasteiger charge is -2.39. The van der Waals surface area contributed by atoms with Crippen molar-refractivity contribution in [3.05, 3.63) is 18.2 Å². The van der Waals surface area contributed by atoms with E-state index in [1.165, 1.54) is 0 Å². The maximum absolute atomic E-state index is 12.8. The second-order valence-corrected chi connectivity index (χ2v) is 5.97. The Hall–Kier alpha value is -1.80. The summed E-state index contributed by atoms with van der Waals surface area (Å²) in [4.78, 5) is 20.6. The number of carboxylic acid groups (broad SMARTS) is 1. The zero-order valence-electron chi connectivity index (χ0n) is 12.2. The van der Waals surface area contributed by atoms with Crippen LogP contribution < -0.4 is 5.32 Å². The maximum atomic E-state index is 12.8. The van der Waals surface area contributed by atoms with E-state index >= 15 is 0 Å². The van der Waals surface area contributed by atoms with Crippen molar-refractivity contribution in [3.8, 4) is 0 Å². The van der Waals surface area contributed by atoms with Gasteiger partial charge in [0.15, 0.2) is 5.82 Å². The first-order valence-corrected chi connectivity index (χ1v) is 7.37. The van der Waals surface area contributed by atoms with Crippen molar-refractivity contribution in [1.29, 1.82) is 0 Å². The van der Waals surface area contributed by atoms with Gasteiger partial charge in [-0.1, -0.05) is 0 Å². The third kappa shape index (κ3) is 3.50. The molecular formula is C14H19FN4O3. The molecule has 2 atom stereocenters. The largest absolute Gasteiger partial charge is 0.480 e. The van der Waals surface area contributed by atoms with Crippen LogP contribution in [0.5, 0.6) is 0 Å². The molecule has 2 N–H and O–H groups in total. The molecule has 2 fully saturated rings. The van der Waals surface area contributed by atoms with Crippen molar-refractivity contribution in [1.82, 2.24) is 14.9 Å². The van der Waals surface area contributed by atoms with E-state index < -0.39 is 11.8 Å². The predicted octanol–water partition coefficient (Wildman–Crippen LogP) is 0.736. The molecule has 0 radical (unpaired) electrons. The van der Waals surface area contributed by atoms with Crippen LogP contribution in [0.1, 0.15) is 19.3 Å². The molecule has 1 aromatic heterocycles. The third-order valence-electron chi connectivity index (χ3n) is 4.14. The molecule has 0 amide bonds. The standard InChI is InChI=1S/C14H19FN4O3/c15-10-5-16-13(17-6-10)18-11-4-14(22-8-11)2-1-3-19(9-14)7-12(20)21/h5-6,11H,1-4,7-9H2,(H,20,21)(H,16,17,18)/t11-,14+/m1/s1. The monoisotopic (exact) mass is 310 g/mol. The number of piperidine rings is 1. The van der Waals surface area contributed by atoms with Gasteiger partial charge in [-0.3, -0.25) is 9.69 Å². The highest BCUT2D eigenvalue weighted by molar-refractivity contribution is 5.69. The van der Waals surface area contributed by atoms with Gasteiger partial charge in [0.1, 0.15) is 0 Å². The minimum Gasteiger partial charge on any atom is -0.480 e. The molecule has 0 saturated carbocycles. The fourth-order valence-electron chi connectivity index (χ4n) is 3.31. The average Bonchev–Trinajstić information content (AvgIpc) is 2.83. The first kappa shape index (κ1) is 15.1. The van der Waals surface area contributed by atoms with E-state index in [0.717, 1.165) is 38.2 Å². The van der Waals surface area contributed by atoms with Gasteiger partial charge in [-0.15, -0.1) is 0 Å². The third-order valence-corrected chi connectivity index (χ3v) is 4.14. The number of carboxylic acids is 1. The van der Waals surface area contributed by atoms with Crippen LogP contribution in [0, 0.1) is 5.82 Å². The number of nitrogens with zero attached hydrogens (tertiary/aromatic N) is 3. The summed E-state index contributed by atoms with van der Waals surface area (Å²) in [6.07, 6.45) is 4.86. The molecule has 120 valence electrons. The Morgan fingerprint density at radius 2 is 2.32 bits per heavy atom. The Labute approximate surface area is 127 Å². The lowest BCUT2D eigenvalue weighted by molar-refractivity contribution is -0.140. The number of hydrogen-bond donors (Lipinski definition) is 2. The normalized spacial score (nSPS) is 28.9. The number of aromatic nitrogens is 2. The Morgan fingerprint density at radius 1 is 1.55 bits per heavy atom. The van der Waals surface area contributed by atoms with Gasteiger partial charge in [-0.05, 0) is 19.4 Å². The molecule has 7 nitrogen and oxygen atoms in total. The molecule has 2 saturated heterocycles. The van der Waals surface area contributed by atoms with Gasteiger partial charge in [0.05, 0.1) is 37.2 Å². The van der Waals surface area contributed by atoms with Crippen molar-refractivity contribution < 1.29 is 19.0 Å². The van der Waals surface area contributed by atoms with Crippen molar-refractivity contribution in [3.63, 3.8) is 0 Å². The first-order valence-electron chi connectivity index (χ1n) is 7.37. The summed E-state index contributed by atoms with van der Waals surface area (Å²) >= 11 is 0. The summed E-state index contributed by atoms with van der Waals surface area (Å²) in [5.74, 6) is -0.907. The van der Waals surface area contributed by atoms with Crippen LogP contribution in [0.4, 0.5) is 10.3 Å². The number of ether oxygens (including phenoxy) is 1. The van der Waals surface area contributed by atoms with E-state index in [1.54, 1.807) is 0 Å². The van der Waals surface area contributed by atoms with Gasteiger partial charge in [0.2, 0.25) is 5.95 Å². The van der Waals surface area contributed by atoms with Crippen LogP contribution in [0.15, 0.2) is 12.4 Å². The summed E-state index contributed by atoms with van der Waals surface area (Å²) in [7, 11) is 0. The number of anilines is 1. The summed E-state index contributed by atoms with van der Waals surface area (Å²) in [5, 5.41) is 12.1. The van der Waals surface area contributed by atoms with Crippen LogP contribution in [0.25, 0.3) is 0 Å². The Kier molecular flexibility index (Phi) is 4.21. The SMILES string of the molecule is O=C(O)CN1CCC[C@]2(C[C@@H](Nc3ncc(F)cn3)CO2)C1. The molecule has 0 bridgehead atoms. The number of aliphatic carboxylic acids is 1. The second kappa shape index (κ2) is 6.13. The van der Waals surface area contributed by atoms with E-state index in [-0.39, 0.29) is 18.2 Å². The van der Waals surface area contributed by atoms with Crippen molar-refractivity contribution >= 4 is 11.9 Å². The quantitative estimate of drug-likeness (QED) is 0.848. The number of rotatable bonds is 4. The van der Waals surface area contributed by atoms with Crippen LogP contribution in [0.3, 0.4) is 0 Å². The highest BCUT2D eigenvalue weighted by atomic mass is 19.1. The molecule has 0 unspecified atom stereocenters. The highest BCUT2D eigenvalue weighted by Gasteiger charge is 2.43. The zero-order valence-corrected chi connectivity index (χ0v) is 12.2. The molecule has 2 aliphatic rings. The number of hydrogen-bond acceptors (Lipinski definition) is 6. The molecule has 22 heavy (non-hydrogen) atoms. The predicted molar refractivity (Wildman–Crippen MR) is 76.0 cm³/mol. The zero-order chi connectivity index (χ0) is 15.6. The minimum atomic E-state index is -0.815. The first-order chi connectivity index (χ1) is 10.5. The van der Waals surface area contributed by atoms with Crippen LogP contribution in [-0.2, 0) is 9.53 Å². The Bertz CT molecular complexity index is 541. The number of halogens is 1. The van der Waals surface area contributed by atoms with Crippen LogP contribution >= 0.6 is 0 Å². The van der Waals surface area contributed by atoms with Crippen molar-refractivity contribution in [2.45, 2.75) is 30.9 Å². The molecule has 0 aromatic carbocycles. The molecule has 2 aliphatic heterocycles. The molecule has 8 heteroatoms. The average molecular weight is 310 g/mol. The Morgan fingerprint density at radius 3 is 3.05 bits per heavy atom. The van der Waals surface area contributed by atoms with E-state index in [2.05, 4.69) is 15.3 Å². The van der Waals surface area contributed by atoms with E-state index in [4.69, 9.17) is 9.84 Å². The van der Waals surface area contributed by atoms with Gasteiger partial charge in [0.25, 0.3) is 0 Å². The molecule has 0 aliphatic carbocycles. The van der Waals surface area contributed by atoms with Gasteiger partial charge >= 0.3 is 5.97 Å². The van der Waals surface area contributed by atoms with Crippen molar-refractivity contribution in [2.24, 2.45) is 0 Å². The summed E-state index contributed by atoms with van der Waals surface area (Å²) in [6, 6.07) is 0.0511. The van der Waals surface area contributed by atoms with Gasteiger partial charge < -0.3 is 15.2 Å². The van der Waals surface area contributed by atoms with Gasteiger partial charge in [-0.25, -0.2) is 14.4 Å². The molecule has 3 rings (SSSR count). The fraction of sp³-hybridized carbons (Fsp3) is 0.643. The molecule has 1 spiro atoms. The summed E-state index contributed by atoms with van der Waals surface area (Å²) in [5.41, 5.74) is -0.300. The van der Waals surface area contributed by atoms with Crippen LogP contribution in [-0.4, -0.2) is 63.8 Å². The summed E-state index contributed by atoms with van der Waals surface area (Å²) < 4.78 is 18.8. The van der Waals surface area contributed by atoms with Crippen molar-refractivity contribution in [2.75, 3.05) is 31.6 Å². The van der Waals surface area contributed by atoms with E-state index in [9.17, 15) is 9.18 Å². The molecular weight excluding hydrogens is 291 g/mol. The number of carbonyl (C=O) groups is 1. The molecule has 1 aromatic rings. The minimum absolute atomic E-state index is 0.0459.